The van der Waals surface area contributed by atoms with Crippen molar-refractivity contribution in [3.63, 3.8) is 0 Å². The Kier molecular flexibility index (Phi) is 4.91. The van der Waals surface area contributed by atoms with E-state index in [1.807, 2.05) is 0 Å². The number of halogens is 1. The highest BCUT2D eigenvalue weighted by atomic mass is 35.5. The summed E-state index contributed by atoms with van der Waals surface area (Å²) in [5, 5.41) is 0.424. The number of nitrogens with two attached hydrogens (primary N) is 1. The number of hydrogen-bond donors (Lipinski definition) is 1. The molecule has 1 unspecified atom stereocenters. The summed E-state index contributed by atoms with van der Waals surface area (Å²) in [6.45, 7) is 0.949. The van der Waals surface area contributed by atoms with Gasteiger partial charge in [0.25, 0.3) is 0 Å². The highest BCUT2D eigenvalue weighted by Gasteiger charge is 2.27. The lowest BCUT2D eigenvalue weighted by Crippen LogP contribution is -2.39. The van der Waals surface area contributed by atoms with Crippen LogP contribution in [0.1, 0.15) is 29.6 Å². The van der Waals surface area contributed by atoms with Gasteiger partial charge >= 0.3 is 0 Å². The fourth-order valence-corrected chi connectivity index (χ4v) is 3.65. The minimum absolute atomic E-state index is 0.0290. The Labute approximate surface area is 130 Å². The molecule has 0 aromatic heterocycles. The molecule has 1 aliphatic rings. The van der Waals surface area contributed by atoms with E-state index in [4.69, 9.17) is 17.3 Å². The van der Waals surface area contributed by atoms with E-state index in [0.717, 1.165) is 12.8 Å². The molecule has 5 nitrogen and oxygen atoms in total. The molecule has 1 aromatic carbocycles. The molecule has 1 atom stereocenters. The number of nitrogen functional groups attached to an aromatic ring is 1. The summed E-state index contributed by atoms with van der Waals surface area (Å²) < 4.78 is 24.6. The van der Waals surface area contributed by atoms with Gasteiger partial charge < -0.3 is 5.73 Å². The first-order valence-electron chi connectivity index (χ1n) is 6.80. The van der Waals surface area contributed by atoms with Gasteiger partial charge in [0.1, 0.15) is 0 Å². The monoisotopic (exact) mass is 330 g/mol. The summed E-state index contributed by atoms with van der Waals surface area (Å²) >= 11 is 5.84. The number of hydrogen-bond acceptors (Lipinski definition) is 4. The number of benzene rings is 1. The van der Waals surface area contributed by atoms with Gasteiger partial charge in [-0.15, -0.1) is 0 Å². The number of carbonyl (C=O) groups excluding carboxylic acids is 1. The second-order valence-corrected chi connectivity index (χ2v) is 7.88. The Balaban J connectivity index is 2.03. The third kappa shape index (κ3) is 4.18. The molecule has 1 saturated heterocycles. The quantitative estimate of drug-likeness (QED) is 0.677. The number of ketones is 1. The number of piperidine rings is 1. The van der Waals surface area contributed by atoms with Gasteiger partial charge in [-0.05, 0) is 37.0 Å². The van der Waals surface area contributed by atoms with E-state index in [9.17, 15) is 13.2 Å². The molecule has 0 amide bonds. The van der Waals surface area contributed by atoms with Crippen LogP contribution in [0.25, 0.3) is 0 Å². The third-order valence-electron chi connectivity index (χ3n) is 3.74. The molecule has 0 aliphatic carbocycles. The Hall–Kier alpha value is -1.11. The van der Waals surface area contributed by atoms with Crippen LogP contribution in [-0.2, 0) is 10.0 Å². The van der Waals surface area contributed by atoms with Crippen LogP contribution < -0.4 is 5.73 Å². The maximum Gasteiger partial charge on any atom is 0.211 e. The van der Waals surface area contributed by atoms with Crippen LogP contribution in [0.15, 0.2) is 18.2 Å². The Morgan fingerprint density at radius 2 is 2.19 bits per heavy atom. The lowest BCUT2D eigenvalue weighted by Gasteiger charge is -2.30. The number of carbonyl (C=O) groups is 1. The summed E-state index contributed by atoms with van der Waals surface area (Å²) in [4.78, 5) is 12.3. The van der Waals surface area contributed by atoms with Crippen molar-refractivity contribution in [1.82, 2.24) is 4.31 Å². The zero-order valence-corrected chi connectivity index (χ0v) is 13.5. The lowest BCUT2D eigenvalue weighted by molar-refractivity contribution is 0.0942. The van der Waals surface area contributed by atoms with E-state index in [0.29, 0.717) is 35.8 Å². The summed E-state index contributed by atoms with van der Waals surface area (Å²) in [5.41, 5.74) is 6.60. The lowest BCUT2D eigenvalue weighted by atomic mass is 9.92. The second-order valence-electron chi connectivity index (χ2n) is 5.49. The molecule has 1 aliphatic heterocycles. The van der Waals surface area contributed by atoms with E-state index in [1.165, 1.54) is 10.6 Å². The number of sulfonamides is 1. The largest absolute Gasteiger partial charge is 0.398 e. The second kappa shape index (κ2) is 6.34. The standard InChI is InChI=1S/C14H19ClN2O3S/c1-21(19,20)17-6-2-3-10(9-17)7-14(18)11-4-5-12(15)13(16)8-11/h4-5,8,10H,2-3,6-7,9,16H2,1H3. The Morgan fingerprint density at radius 3 is 2.81 bits per heavy atom. The predicted octanol–water partition coefficient (Wildman–Crippen LogP) is 2.17. The van der Waals surface area contributed by atoms with Gasteiger partial charge in [0, 0.05) is 25.1 Å². The van der Waals surface area contributed by atoms with Crippen LogP contribution in [0.3, 0.4) is 0 Å². The summed E-state index contributed by atoms with van der Waals surface area (Å²) in [6, 6.07) is 4.83. The molecule has 0 saturated carbocycles. The fourth-order valence-electron chi connectivity index (χ4n) is 2.59. The number of rotatable bonds is 4. The first kappa shape index (κ1) is 16.3. The van der Waals surface area contributed by atoms with Crippen LogP contribution in [0.2, 0.25) is 5.02 Å². The molecule has 2 rings (SSSR count). The van der Waals surface area contributed by atoms with E-state index >= 15 is 0 Å². The van der Waals surface area contributed by atoms with Gasteiger partial charge in [-0.2, -0.15) is 0 Å². The minimum Gasteiger partial charge on any atom is -0.398 e. The number of nitrogens with zero attached hydrogens (tertiary/aromatic N) is 1. The predicted molar refractivity (Wildman–Crippen MR) is 84.0 cm³/mol. The van der Waals surface area contributed by atoms with Gasteiger partial charge in [0.05, 0.1) is 17.0 Å². The van der Waals surface area contributed by atoms with Crippen molar-refractivity contribution >= 4 is 33.1 Å². The molecule has 1 aromatic rings. The van der Waals surface area contributed by atoms with E-state index in [1.54, 1.807) is 18.2 Å². The van der Waals surface area contributed by atoms with Crippen molar-refractivity contribution in [2.45, 2.75) is 19.3 Å². The maximum absolute atomic E-state index is 12.3. The van der Waals surface area contributed by atoms with Gasteiger partial charge in [-0.1, -0.05) is 11.6 Å². The molecule has 21 heavy (non-hydrogen) atoms. The smallest absolute Gasteiger partial charge is 0.211 e. The van der Waals surface area contributed by atoms with Crippen molar-refractivity contribution in [1.29, 1.82) is 0 Å². The molecule has 1 heterocycles. The van der Waals surface area contributed by atoms with E-state index in [-0.39, 0.29) is 11.7 Å². The van der Waals surface area contributed by atoms with Gasteiger partial charge in [0.2, 0.25) is 10.0 Å². The van der Waals surface area contributed by atoms with Crippen molar-refractivity contribution in [2.24, 2.45) is 5.92 Å². The molecule has 7 heteroatoms. The normalized spacial score (nSPS) is 20.4. The van der Waals surface area contributed by atoms with E-state index < -0.39 is 10.0 Å². The zero-order chi connectivity index (χ0) is 15.6. The summed E-state index contributed by atoms with van der Waals surface area (Å²) in [6.07, 6.45) is 3.18. The van der Waals surface area contributed by atoms with Crippen molar-refractivity contribution < 1.29 is 13.2 Å². The molecule has 0 bridgehead atoms. The molecule has 116 valence electrons. The number of anilines is 1. The SMILES string of the molecule is CS(=O)(=O)N1CCCC(CC(=O)c2ccc(Cl)c(N)c2)C1. The van der Waals surface area contributed by atoms with Gasteiger partial charge in [-0.3, -0.25) is 4.79 Å². The van der Waals surface area contributed by atoms with Crippen LogP contribution in [0, 0.1) is 5.92 Å². The fraction of sp³-hybridized carbons (Fsp3) is 0.500. The molecular formula is C14H19ClN2O3S. The van der Waals surface area contributed by atoms with Crippen molar-refractivity contribution in [3.8, 4) is 0 Å². The maximum atomic E-state index is 12.3. The van der Waals surface area contributed by atoms with Crippen molar-refractivity contribution in [2.75, 3.05) is 25.1 Å². The molecule has 2 N–H and O–H groups in total. The molecule has 1 fully saturated rings. The topological polar surface area (TPSA) is 80.5 Å². The van der Waals surface area contributed by atoms with Crippen LogP contribution in [-0.4, -0.2) is 37.9 Å². The summed E-state index contributed by atoms with van der Waals surface area (Å²) in [7, 11) is -3.19. The Bertz CT molecular complexity index is 646. The minimum atomic E-state index is -3.19. The Morgan fingerprint density at radius 1 is 1.48 bits per heavy atom. The molecular weight excluding hydrogens is 312 g/mol. The summed E-state index contributed by atoms with van der Waals surface area (Å²) in [5.74, 6) is 0.0246. The highest BCUT2D eigenvalue weighted by Crippen LogP contribution is 2.25. The van der Waals surface area contributed by atoms with Crippen LogP contribution in [0.4, 0.5) is 5.69 Å². The number of Topliss-reactive ketones (excluding diaryl/α,β-unsaturated/α-hetero) is 1. The average molecular weight is 331 g/mol. The van der Waals surface area contributed by atoms with E-state index in [2.05, 4.69) is 0 Å². The third-order valence-corrected chi connectivity index (χ3v) is 5.36. The van der Waals surface area contributed by atoms with Crippen LogP contribution in [0.5, 0.6) is 0 Å². The zero-order valence-electron chi connectivity index (χ0n) is 11.9. The molecule has 0 radical (unpaired) electrons. The first-order valence-corrected chi connectivity index (χ1v) is 9.03. The molecule has 0 spiro atoms. The van der Waals surface area contributed by atoms with Crippen LogP contribution >= 0.6 is 11.6 Å². The van der Waals surface area contributed by atoms with Gasteiger partial charge in [0.15, 0.2) is 5.78 Å². The highest BCUT2D eigenvalue weighted by molar-refractivity contribution is 7.88. The first-order chi connectivity index (χ1) is 9.77. The average Bonchev–Trinajstić information content (AvgIpc) is 2.41. The van der Waals surface area contributed by atoms with Gasteiger partial charge in [-0.25, -0.2) is 12.7 Å². The van der Waals surface area contributed by atoms with Crippen molar-refractivity contribution in [3.05, 3.63) is 28.8 Å².